The van der Waals surface area contributed by atoms with Crippen LogP contribution in [-0.2, 0) is 9.84 Å². The summed E-state index contributed by atoms with van der Waals surface area (Å²) < 4.78 is 22.6. The maximum Gasteiger partial charge on any atom is 0.317 e. The molecule has 0 bridgehead atoms. The Morgan fingerprint density at radius 1 is 1.47 bits per heavy atom. The van der Waals surface area contributed by atoms with Crippen LogP contribution in [0.1, 0.15) is 20.3 Å². The maximum atomic E-state index is 11.6. The molecule has 1 aliphatic heterocycles. The molecule has 0 spiro atoms. The van der Waals surface area contributed by atoms with Crippen molar-refractivity contribution >= 4 is 15.9 Å². The van der Waals surface area contributed by atoms with Gasteiger partial charge in [0.15, 0.2) is 9.84 Å². The molecule has 1 fully saturated rings. The standard InChI is InChI=1S/C9H18N2O3S/c1-3-10-9(12)11(4-2)8-5-6-15(13,14)7-8/h8H,3-7H2,1-2H3,(H,10,12). The lowest BCUT2D eigenvalue weighted by Gasteiger charge is -2.26. The van der Waals surface area contributed by atoms with Crippen molar-refractivity contribution in [2.24, 2.45) is 0 Å². The van der Waals surface area contributed by atoms with Crippen LogP contribution in [0, 0.1) is 0 Å². The number of rotatable bonds is 3. The highest BCUT2D eigenvalue weighted by Gasteiger charge is 2.33. The largest absolute Gasteiger partial charge is 0.338 e. The van der Waals surface area contributed by atoms with Crippen LogP contribution < -0.4 is 5.32 Å². The normalized spacial score (nSPS) is 23.7. The minimum Gasteiger partial charge on any atom is -0.338 e. The van der Waals surface area contributed by atoms with Gasteiger partial charge in [0.25, 0.3) is 0 Å². The summed E-state index contributed by atoms with van der Waals surface area (Å²) in [6.45, 7) is 4.82. The van der Waals surface area contributed by atoms with Gasteiger partial charge in [-0.25, -0.2) is 13.2 Å². The van der Waals surface area contributed by atoms with Gasteiger partial charge >= 0.3 is 6.03 Å². The van der Waals surface area contributed by atoms with Crippen molar-refractivity contribution in [3.05, 3.63) is 0 Å². The van der Waals surface area contributed by atoms with Crippen LogP contribution in [0.25, 0.3) is 0 Å². The number of amides is 2. The number of hydrogen-bond donors (Lipinski definition) is 1. The molecule has 0 aromatic heterocycles. The van der Waals surface area contributed by atoms with E-state index < -0.39 is 9.84 Å². The third-order valence-corrected chi connectivity index (χ3v) is 4.33. The van der Waals surface area contributed by atoms with E-state index in [2.05, 4.69) is 5.32 Å². The van der Waals surface area contributed by atoms with E-state index in [0.717, 1.165) is 0 Å². The van der Waals surface area contributed by atoms with Crippen molar-refractivity contribution < 1.29 is 13.2 Å². The van der Waals surface area contributed by atoms with E-state index in [4.69, 9.17) is 0 Å². The molecule has 15 heavy (non-hydrogen) atoms. The van der Waals surface area contributed by atoms with E-state index in [1.165, 1.54) is 0 Å². The van der Waals surface area contributed by atoms with Gasteiger partial charge in [0.2, 0.25) is 0 Å². The number of nitrogens with zero attached hydrogens (tertiary/aromatic N) is 1. The summed E-state index contributed by atoms with van der Waals surface area (Å²) >= 11 is 0. The molecule has 1 N–H and O–H groups in total. The van der Waals surface area contributed by atoms with Gasteiger partial charge in [-0.3, -0.25) is 0 Å². The second-order valence-electron chi connectivity index (χ2n) is 3.68. The Morgan fingerprint density at radius 2 is 2.13 bits per heavy atom. The topological polar surface area (TPSA) is 66.5 Å². The molecule has 0 radical (unpaired) electrons. The van der Waals surface area contributed by atoms with Crippen molar-refractivity contribution in [1.82, 2.24) is 10.2 Å². The summed E-state index contributed by atoms with van der Waals surface area (Å²) in [4.78, 5) is 13.2. The monoisotopic (exact) mass is 234 g/mol. The molecule has 88 valence electrons. The zero-order valence-corrected chi connectivity index (χ0v) is 10.0. The van der Waals surface area contributed by atoms with Crippen molar-refractivity contribution in [1.29, 1.82) is 0 Å². The highest BCUT2D eigenvalue weighted by molar-refractivity contribution is 7.91. The Labute approximate surface area is 90.7 Å². The van der Waals surface area contributed by atoms with Crippen LogP contribution in [0.2, 0.25) is 0 Å². The van der Waals surface area contributed by atoms with E-state index >= 15 is 0 Å². The fourth-order valence-electron chi connectivity index (χ4n) is 1.84. The van der Waals surface area contributed by atoms with Gasteiger partial charge in [-0.2, -0.15) is 0 Å². The van der Waals surface area contributed by atoms with Crippen LogP contribution >= 0.6 is 0 Å². The van der Waals surface area contributed by atoms with Crippen molar-refractivity contribution in [2.75, 3.05) is 24.6 Å². The van der Waals surface area contributed by atoms with E-state index in [0.29, 0.717) is 19.5 Å². The van der Waals surface area contributed by atoms with E-state index in [-0.39, 0.29) is 23.6 Å². The molecule has 1 atom stereocenters. The number of sulfone groups is 1. The van der Waals surface area contributed by atoms with Crippen molar-refractivity contribution in [3.8, 4) is 0 Å². The Morgan fingerprint density at radius 3 is 2.53 bits per heavy atom. The molecule has 0 saturated carbocycles. The van der Waals surface area contributed by atoms with Crippen molar-refractivity contribution in [2.45, 2.75) is 26.3 Å². The summed E-state index contributed by atoms with van der Waals surface area (Å²) in [6.07, 6.45) is 0.563. The number of carbonyl (C=O) groups excluding carboxylic acids is 1. The summed E-state index contributed by atoms with van der Waals surface area (Å²) in [5.74, 6) is 0.311. The van der Waals surface area contributed by atoms with Crippen LogP contribution in [0.3, 0.4) is 0 Å². The molecule has 2 amide bonds. The minimum absolute atomic E-state index is 0.109. The SMILES string of the molecule is CCNC(=O)N(CC)C1CCS(=O)(=O)C1. The van der Waals surface area contributed by atoms with Crippen LogP contribution in [0.5, 0.6) is 0 Å². The summed E-state index contributed by atoms with van der Waals surface area (Å²) in [7, 11) is -2.92. The lowest BCUT2D eigenvalue weighted by molar-refractivity contribution is 0.184. The molecular weight excluding hydrogens is 216 g/mol. The average Bonchev–Trinajstić information content (AvgIpc) is 2.48. The molecule has 5 nitrogen and oxygen atoms in total. The quantitative estimate of drug-likeness (QED) is 0.760. The van der Waals surface area contributed by atoms with Crippen LogP contribution in [0.15, 0.2) is 0 Å². The Balaban J connectivity index is 2.64. The number of urea groups is 1. The van der Waals surface area contributed by atoms with Gasteiger partial charge in [-0.1, -0.05) is 0 Å². The first kappa shape index (κ1) is 12.3. The van der Waals surface area contributed by atoms with Gasteiger partial charge in [-0.05, 0) is 20.3 Å². The minimum atomic E-state index is -2.92. The van der Waals surface area contributed by atoms with Gasteiger partial charge in [-0.15, -0.1) is 0 Å². The molecule has 0 aromatic carbocycles. The maximum absolute atomic E-state index is 11.6. The molecule has 1 heterocycles. The molecule has 0 aliphatic carbocycles. The smallest absolute Gasteiger partial charge is 0.317 e. The number of nitrogens with one attached hydrogen (secondary N) is 1. The first-order valence-corrected chi connectivity index (χ1v) is 7.07. The predicted octanol–water partition coefficient (Wildman–Crippen LogP) is 0.225. The lowest BCUT2D eigenvalue weighted by atomic mass is 10.2. The lowest BCUT2D eigenvalue weighted by Crippen LogP contribution is -2.46. The second-order valence-corrected chi connectivity index (χ2v) is 5.91. The van der Waals surface area contributed by atoms with E-state index in [9.17, 15) is 13.2 Å². The molecule has 1 rings (SSSR count). The average molecular weight is 234 g/mol. The highest BCUT2D eigenvalue weighted by atomic mass is 32.2. The molecule has 1 aliphatic rings. The highest BCUT2D eigenvalue weighted by Crippen LogP contribution is 2.17. The predicted molar refractivity (Wildman–Crippen MR) is 58.5 cm³/mol. The first-order chi connectivity index (χ1) is 7.00. The second kappa shape index (κ2) is 4.83. The fourth-order valence-corrected chi connectivity index (χ4v) is 3.57. The van der Waals surface area contributed by atoms with Gasteiger partial charge in [0.05, 0.1) is 11.5 Å². The molecule has 1 saturated heterocycles. The van der Waals surface area contributed by atoms with E-state index in [1.807, 2.05) is 13.8 Å². The van der Waals surface area contributed by atoms with Crippen molar-refractivity contribution in [3.63, 3.8) is 0 Å². The zero-order valence-electron chi connectivity index (χ0n) is 9.19. The summed E-state index contributed by atoms with van der Waals surface area (Å²) in [5.41, 5.74) is 0. The van der Waals surface area contributed by atoms with Gasteiger partial charge < -0.3 is 10.2 Å². The third kappa shape index (κ3) is 3.09. The summed E-state index contributed by atoms with van der Waals surface area (Å²) in [6, 6.07) is -0.311. The van der Waals surface area contributed by atoms with Crippen LogP contribution in [0.4, 0.5) is 4.79 Å². The first-order valence-electron chi connectivity index (χ1n) is 5.25. The molecule has 1 unspecified atom stereocenters. The molecule has 6 heteroatoms. The van der Waals surface area contributed by atoms with Gasteiger partial charge in [0.1, 0.15) is 0 Å². The Bertz CT molecular complexity index is 326. The number of carbonyl (C=O) groups is 1. The third-order valence-electron chi connectivity index (χ3n) is 2.58. The van der Waals surface area contributed by atoms with Crippen LogP contribution in [-0.4, -0.2) is 50.0 Å². The molecular formula is C9H18N2O3S. The van der Waals surface area contributed by atoms with E-state index in [1.54, 1.807) is 4.90 Å². The zero-order chi connectivity index (χ0) is 11.5. The summed E-state index contributed by atoms with van der Waals surface area (Å²) in [5, 5.41) is 2.69. The number of hydrogen-bond acceptors (Lipinski definition) is 3. The Kier molecular flexibility index (Phi) is 3.96. The Hall–Kier alpha value is -0.780. The fraction of sp³-hybridized carbons (Fsp3) is 0.889. The molecule has 0 aromatic rings. The van der Waals surface area contributed by atoms with Gasteiger partial charge in [0, 0.05) is 19.1 Å².